The molecule has 0 bridgehead atoms. The fourth-order valence-electron chi connectivity index (χ4n) is 2.08. The van der Waals surface area contributed by atoms with Crippen molar-refractivity contribution in [1.82, 2.24) is 4.90 Å². The number of thioether (sulfide) groups is 1. The van der Waals surface area contributed by atoms with Gasteiger partial charge in [-0.1, -0.05) is 36.1 Å². The molecule has 1 amide bonds. The van der Waals surface area contributed by atoms with E-state index in [1.807, 2.05) is 6.92 Å². The predicted octanol–water partition coefficient (Wildman–Crippen LogP) is 2.94. The molecule has 25 heavy (non-hydrogen) atoms. The van der Waals surface area contributed by atoms with Crippen LogP contribution in [0.3, 0.4) is 0 Å². The molecule has 0 radical (unpaired) electrons. The van der Waals surface area contributed by atoms with Crippen molar-refractivity contribution in [2.75, 3.05) is 19.8 Å². The van der Waals surface area contributed by atoms with Crippen LogP contribution in [0.5, 0.6) is 11.5 Å². The van der Waals surface area contributed by atoms with Gasteiger partial charge in [0, 0.05) is 6.54 Å². The third-order valence-corrected chi connectivity index (χ3v) is 4.48. The first kappa shape index (κ1) is 19.0. The van der Waals surface area contributed by atoms with Crippen LogP contribution in [-0.2, 0) is 9.59 Å². The number of carbonyl (C=O) groups is 2. The number of carboxylic acids is 1. The van der Waals surface area contributed by atoms with E-state index in [9.17, 15) is 9.59 Å². The first-order valence-electron chi connectivity index (χ1n) is 7.44. The lowest BCUT2D eigenvalue weighted by molar-refractivity contribution is -0.139. The summed E-state index contributed by atoms with van der Waals surface area (Å²) in [4.78, 5) is 25.0. The molecule has 1 fully saturated rings. The first-order valence-corrected chi connectivity index (χ1v) is 8.66. The summed E-state index contributed by atoms with van der Waals surface area (Å²) in [5.41, 5.74) is 0.727. The molecule has 2 rings (SSSR count). The minimum atomic E-state index is -1.07. The van der Waals surface area contributed by atoms with Gasteiger partial charge in [-0.2, -0.15) is 0 Å². The topological polar surface area (TPSA) is 76.1 Å². The molecule has 1 N–H and O–H groups in total. The summed E-state index contributed by atoms with van der Waals surface area (Å²) in [5, 5.41) is 8.72. The van der Waals surface area contributed by atoms with Crippen molar-refractivity contribution in [1.29, 1.82) is 0 Å². The van der Waals surface area contributed by atoms with Crippen molar-refractivity contribution in [2.45, 2.75) is 6.92 Å². The van der Waals surface area contributed by atoms with Crippen LogP contribution in [0.15, 0.2) is 35.8 Å². The van der Waals surface area contributed by atoms with Crippen LogP contribution < -0.4 is 9.47 Å². The number of carbonyl (C=O) groups excluding carboxylic acids is 1. The summed E-state index contributed by atoms with van der Waals surface area (Å²) in [6, 6.07) is 5.03. The Kier molecular flexibility index (Phi) is 6.60. The van der Waals surface area contributed by atoms with E-state index in [0.29, 0.717) is 33.9 Å². The van der Waals surface area contributed by atoms with Gasteiger partial charge in [0.2, 0.25) is 0 Å². The lowest BCUT2D eigenvalue weighted by atomic mass is 10.2. The Labute approximate surface area is 155 Å². The second kappa shape index (κ2) is 8.68. The predicted molar refractivity (Wildman–Crippen MR) is 101 cm³/mol. The molecule has 8 heteroatoms. The number of amides is 1. The summed E-state index contributed by atoms with van der Waals surface area (Å²) in [6.07, 6.45) is 3.33. The summed E-state index contributed by atoms with van der Waals surface area (Å²) < 4.78 is 11.2. The van der Waals surface area contributed by atoms with Crippen LogP contribution in [0.1, 0.15) is 12.5 Å². The molecule has 6 nitrogen and oxygen atoms in total. The van der Waals surface area contributed by atoms with Crippen molar-refractivity contribution >= 4 is 46.3 Å². The Morgan fingerprint density at radius 1 is 1.40 bits per heavy atom. The highest BCUT2D eigenvalue weighted by Crippen LogP contribution is 2.34. The molecule has 0 unspecified atom stereocenters. The number of aliphatic carboxylic acids is 1. The molecule has 0 aliphatic carbocycles. The van der Waals surface area contributed by atoms with Crippen molar-refractivity contribution in [3.05, 3.63) is 41.3 Å². The highest BCUT2D eigenvalue weighted by Gasteiger charge is 2.31. The summed E-state index contributed by atoms with van der Waals surface area (Å²) in [5.74, 6) is -0.490. The maximum atomic E-state index is 12.3. The number of ether oxygens (including phenoxy) is 2. The molecular formula is C17H17NO5S2. The molecule has 0 saturated carbocycles. The monoisotopic (exact) mass is 379 g/mol. The van der Waals surface area contributed by atoms with Gasteiger partial charge in [-0.15, -0.1) is 6.58 Å². The normalized spacial score (nSPS) is 15.6. The van der Waals surface area contributed by atoms with Crippen molar-refractivity contribution < 1.29 is 24.2 Å². The van der Waals surface area contributed by atoms with Gasteiger partial charge in [0.1, 0.15) is 4.32 Å². The minimum Gasteiger partial charge on any atom is -0.490 e. The Balaban J connectivity index is 2.26. The molecule has 0 spiro atoms. The van der Waals surface area contributed by atoms with Crippen LogP contribution in [0.2, 0.25) is 0 Å². The average Bonchev–Trinajstić information content (AvgIpc) is 2.82. The molecule has 1 aromatic rings. The van der Waals surface area contributed by atoms with Gasteiger partial charge in [0.15, 0.2) is 18.1 Å². The maximum absolute atomic E-state index is 12.3. The molecule has 1 heterocycles. The number of hydrogen-bond donors (Lipinski definition) is 1. The van der Waals surface area contributed by atoms with Crippen LogP contribution >= 0.6 is 24.0 Å². The molecule has 0 aromatic heterocycles. The Hall–Kier alpha value is -2.32. The molecule has 1 aromatic carbocycles. The number of nitrogens with zero attached hydrogens (tertiary/aromatic N) is 1. The smallest absolute Gasteiger partial charge is 0.341 e. The lowest BCUT2D eigenvalue weighted by Gasteiger charge is -2.11. The zero-order valence-corrected chi connectivity index (χ0v) is 15.2. The minimum absolute atomic E-state index is 0.168. The average molecular weight is 379 g/mol. The zero-order chi connectivity index (χ0) is 18.4. The van der Waals surface area contributed by atoms with Crippen molar-refractivity contribution in [2.24, 2.45) is 0 Å². The fourth-order valence-corrected chi connectivity index (χ4v) is 3.35. The summed E-state index contributed by atoms with van der Waals surface area (Å²) in [7, 11) is 0. The third-order valence-electron chi connectivity index (χ3n) is 3.10. The number of rotatable bonds is 8. The summed E-state index contributed by atoms with van der Waals surface area (Å²) >= 11 is 6.43. The van der Waals surface area contributed by atoms with E-state index in [4.69, 9.17) is 26.8 Å². The maximum Gasteiger partial charge on any atom is 0.341 e. The molecule has 1 aliphatic rings. The second-order valence-electron chi connectivity index (χ2n) is 4.90. The van der Waals surface area contributed by atoms with Gasteiger partial charge in [0.05, 0.1) is 11.5 Å². The van der Waals surface area contributed by atoms with E-state index in [1.165, 1.54) is 16.7 Å². The standard InChI is InChI=1S/C17H17NO5S2/c1-3-7-18-16(21)14(25-17(18)24)9-11-5-6-12(23-10-15(19)20)13(8-11)22-4-2/h3,5-6,8-9H,1,4,7,10H2,2H3,(H,19,20)/b14-9-. The number of benzene rings is 1. The van der Waals surface area contributed by atoms with Gasteiger partial charge in [-0.25, -0.2) is 4.79 Å². The number of thiocarbonyl (C=S) groups is 1. The first-order chi connectivity index (χ1) is 12.0. The van der Waals surface area contributed by atoms with Gasteiger partial charge < -0.3 is 14.6 Å². The highest BCUT2D eigenvalue weighted by atomic mass is 32.2. The van der Waals surface area contributed by atoms with E-state index >= 15 is 0 Å². The molecular weight excluding hydrogens is 362 g/mol. The highest BCUT2D eigenvalue weighted by molar-refractivity contribution is 8.26. The Bertz CT molecular complexity index is 745. The molecule has 1 saturated heterocycles. The zero-order valence-electron chi connectivity index (χ0n) is 13.6. The SMILES string of the molecule is C=CCN1C(=O)/C(=C/c2ccc(OCC(=O)O)c(OCC)c2)SC1=S. The quantitative estimate of drug-likeness (QED) is 0.423. The second-order valence-corrected chi connectivity index (χ2v) is 6.58. The van der Waals surface area contributed by atoms with Crippen LogP contribution in [0.4, 0.5) is 0 Å². The van der Waals surface area contributed by atoms with E-state index in [1.54, 1.807) is 30.4 Å². The molecule has 1 aliphatic heterocycles. The van der Waals surface area contributed by atoms with E-state index in [-0.39, 0.29) is 5.91 Å². The third kappa shape index (κ3) is 4.83. The molecule has 0 atom stereocenters. The van der Waals surface area contributed by atoms with E-state index in [2.05, 4.69) is 6.58 Å². The Morgan fingerprint density at radius 3 is 2.80 bits per heavy atom. The van der Waals surface area contributed by atoms with Gasteiger partial charge in [-0.3, -0.25) is 9.69 Å². The summed E-state index contributed by atoms with van der Waals surface area (Å²) in [6.45, 7) is 5.74. The Morgan fingerprint density at radius 2 is 2.16 bits per heavy atom. The molecule has 132 valence electrons. The van der Waals surface area contributed by atoms with Crippen LogP contribution in [0.25, 0.3) is 6.08 Å². The fraction of sp³-hybridized carbons (Fsp3) is 0.235. The van der Waals surface area contributed by atoms with Crippen LogP contribution in [-0.4, -0.2) is 46.0 Å². The van der Waals surface area contributed by atoms with Crippen molar-refractivity contribution in [3.63, 3.8) is 0 Å². The number of hydrogen-bond acceptors (Lipinski definition) is 6. The van der Waals surface area contributed by atoms with E-state index < -0.39 is 12.6 Å². The van der Waals surface area contributed by atoms with Crippen molar-refractivity contribution in [3.8, 4) is 11.5 Å². The van der Waals surface area contributed by atoms with Gasteiger partial charge in [-0.05, 0) is 30.7 Å². The number of carboxylic acid groups (broad SMARTS) is 1. The van der Waals surface area contributed by atoms with Crippen LogP contribution in [0, 0.1) is 0 Å². The van der Waals surface area contributed by atoms with E-state index in [0.717, 1.165) is 5.56 Å². The van der Waals surface area contributed by atoms with Gasteiger partial charge >= 0.3 is 5.97 Å². The lowest BCUT2D eigenvalue weighted by Crippen LogP contribution is -2.27. The largest absolute Gasteiger partial charge is 0.490 e. The van der Waals surface area contributed by atoms with Gasteiger partial charge in [0.25, 0.3) is 5.91 Å².